The Morgan fingerprint density at radius 2 is 1.55 bits per heavy atom. The lowest BCUT2D eigenvalue weighted by molar-refractivity contribution is 0.244. The van der Waals surface area contributed by atoms with E-state index in [-0.39, 0.29) is 0 Å². The van der Waals surface area contributed by atoms with Crippen LogP contribution in [0.5, 0.6) is 0 Å². The van der Waals surface area contributed by atoms with Crippen LogP contribution < -0.4 is 0 Å². The molecular weight excluding hydrogens is 398 g/mol. The molecule has 0 fully saturated rings. The smallest absolute Gasteiger partial charge is 0.0453 e. The van der Waals surface area contributed by atoms with Crippen molar-refractivity contribution in [3.8, 4) is 0 Å². The van der Waals surface area contributed by atoms with E-state index in [9.17, 15) is 0 Å². The Kier molecular flexibility index (Phi) is 20.1. The molecule has 0 aliphatic carbocycles. The molecule has 1 heterocycles. The van der Waals surface area contributed by atoms with Gasteiger partial charge >= 0.3 is 0 Å². The monoisotopic (exact) mass is 455 g/mol. The third-order valence-electron chi connectivity index (χ3n) is 6.77. The van der Waals surface area contributed by atoms with Gasteiger partial charge in [0.15, 0.2) is 0 Å². The Labute approximate surface area is 208 Å². The zero-order valence-electron chi connectivity index (χ0n) is 24.3. The lowest BCUT2D eigenvalue weighted by Gasteiger charge is -2.28. The van der Waals surface area contributed by atoms with Crippen LogP contribution in [0.3, 0.4) is 0 Å². The van der Waals surface area contributed by atoms with Gasteiger partial charge in [-0.3, -0.25) is 4.98 Å². The second-order valence-corrected chi connectivity index (χ2v) is 9.16. The van der Waals surface area contributed by atoms with Gasteiger partial charge in [0.2, 0.25) is 0 Å². The average molecular weight is 456 g/mol. The Morgan fingerprint density at radius 3 is 2.00 bits per heavy atom. The molecule has 0 saturated carbocycles. The van der Waals surface area contributed by atoms with E-state index in [1.807, 2.05) is 27.0 Å². The summed E-state index contributed by atoms with van der Waals surface area (Å²) in [6.45, 7) is 28.1. The Hall–Kier alpha value is -1.63. The Balaban J connectivity index is 0. The van der Waals surface area contributed by atoms with Crippen LogP contribution >= 0.6 is 0 Å². The molecule has 1 aromatic heterocycles. The van der Waals surface area contributed by atoms with E-state index in [1.165, 1.54) is 73.6 Å². The number of unbranched alkanes of at least 4 members (excludes halogenated alkanes) is 3. The van der Waals surface area contributed by atoms with Crippen LogP contribution in [0.2, 0.25) is 0 Å². The topological polar surface area (TPSA) is 12.9 Å². The molecule has 0 aromatic carbocycles. The van der Waals surface area contributed by atoms with Crippen LogP contribution in [-0.2, 0) is 6.42 Å². The van der Waals surface area contributed by atoms with E-state index >= 15 is 0 Å². The number of allylic oxidation sites excluding steroid dienone is 5. The van der Waals surface area contributed by atoms with Gasteiger partial charge in [0.25, 0.3) is 0 Å². The van der Waals surface area contributed by atoms with Crippen LogP contribution in [0.25, 0.3) is 5.57 Å². The molecule has 1 unspecified atom stereocenters. The van der Waals surface area contributed by atoms with Crippen molar-refractivity contribution in [3.63, 3.8) is 0 Å². The van der Waals surface area contributed by atoms with Gasteiger partial charge in [-0.1, -0.05) is 106 Å². The summed E-state index contributed by atoms with van der Waals surface area (Å²) in [7, 11) is 0. The molecule has 0 aliphatic heterocycles. The van der Waals surface area contributed by atoms with Crippen molar-refractivity contribution in [2.24, 2.45) is 5.41 Å². The summed E-state index contributed by atoms with van der Waals surface area (Å²) >= 11 is 0. The molecular formula is C32H57N. The first-order valence-electron chi connectivity index (χ1n) is 13.7. The van der Waals surface area contributed by atoms with E-state index in [0.29, 0.717) is 5.41 Å². The number of nitrogens with zero attached hydrogens (tertiary/aromatic N) is 1. The van der Waals surface area contributed by atoms with Gasteiger partial charge in [-0.15, -0.1) is 0 Å². The van der Waals surface area contributed by atoms with Gasteiger partial charge in [0.1, 0.15) is 0 Å². The van der Waals surface area contributed by atoms with Crippen molar-refractivity contribution >= 4 is 5.57 Å². The second-order valence-electron chi connectivity index (χ2n) is 9.16. The summed E-state index contributed by atoms with van der Waals surface area (Å²) < 4.78 is 0. The van der Waals surface area contributed by atoms with Crippen molar-refractivity contribution in [1.82, 2.24) is 4.98 Å². The zero-order valence-corrected chi connectivity index (χ0v) is 24.3. The van der Waals surface area contributed by atoms with E-state index in [0.717, 1.165) is 17.7 Å². The van der Waals surface area contributed by atoms with Crippen molar-refractivity contribution in [2.45, 2.75) is 134 Å². The molecule has 1 heteroatoms. The van der Waals surface area contributed by atoms with Crippen LogP contribution in [-0.4, -0.2) is 4.98 Å². The number of pyridine rings is 1. The fourth-order valence-corrected chi connectivity index (χ4v) is 4.02. The normalized spacial score (nSPS) is 13.3. The second kappa shape index (κ2) is 19.8. The summed E-state index contributed by atoms with van der Waals surface area (Å²) in [6.07, 6.45) is 18.3. The molecule has 1 atom stereocenters. The number of aryl methyl sites for hydroxylation is 2. The first-order chi connectivity index (χ1) is 15.7. The Morgan fingerprint density at radius 1 is 0.970 bits per heavy atom. The summed E-state index contributed by atoms with van der Waals surface area (Å²) in [4.78, 5) is 4.42. The zero-order chi connectivity index (χ0) is 25.9. The third-order valence-corrected chi connectivity index (χ3v) is 6.77. The standard InChI is InChI=1S/C17H23N.C13H28.C2H6/c1-7-12(4)13(5)16(9-3)17-14(6)18-11-10-15(17)8-2;1-5-8-10-12-13(4,7-3)11-9-6-2;1-2/h7,9-11H,5,8H2,1-4,6H3;5-12H2,1-4H3;1-2H3/b12-7-,16-9-;;. The minimum Gasteiger partial charge on any atom is -0.261 e. The van der Waals surface area contributed by atoms with Crippen molar-refractivity contribution < 1.29 is 0 Å². The molecule has 1 aromatic rings. The average Bonchev–Trinajstić information content (AvgIpc) is 2.85. The summed E-state index contributed by atoms with van der Waals surface area (Å²) in [6, 6.07) is 2.10. The predicted octanol–water partition coefficient (Wildman–Crippen LogP) is 11.1. The lowest BCUT2D eigenvalue weighted by atomic mass is 9.78. The van der Waals surface area contributed by atoms with Crippen LogP contribution in [0.4, 0.5) is 0 Å². The van der Waals surface area contributed by atoms with Crippen molar-refractivity contribution in [2.75, 3.05) is 0 Å². The number of rotatable bonds is 12. The molecule has 1 rings (SSSR count). The summed E-state index contributed by atoms with van der Waals surface area (Å²) in [5.41, 5.74) is 7.81. The van der Waals surface area contributed by atoms with Crippen LogP contribution in [0, 0.1) is 12.3 Å². The first kappa shape index (κ1) is 33.5. The van der Waals surface area contributed by atoms with Gasteiger partial charge in [-0.25, -0.2) is 0 Å². The predicted molar refractivity (Wildman–Crippen MR) is 154 cm³/mol. The van der Waals surface area contributed by atoms with Crippen molar-refractivity contribution in [3.05, 3.63) is 59.0 Å². The SMILES string of the molecule is C=C(/C(C)=C\C)/C(=C/C)c1c(CC)ccnc1C.CC.CCCCCC(C)(CC)CCCC. The lowest BCUT2D eigenvalue weighted by Crippen LogP contribution is -2.14. The number of aromatic nitrogens is 1. The highest BCUT2D eigenvalue weighted by atomic mass is 14.7. The first-order valence-corrected chi connectivity index (χ1v) is 13.7. The number of hydrogen-bond donors (Lipinski definition) is 0. The third kappa shape index (κ3) is 12.4. The van der Waals surface area contributed by atoms with Crippen LogP contribution in [0.15, 0.2) is 42.1 Å². The maximum Gasteiger partial charge on any atom is 0.0453 e. The Bertz CT molecular complexity index is 707. The van der Waals surface area contributed by atoms with Gasteiger partial charge in [-0.2, -0.15) is 0 Å². The van der Waals surface area contributed by atoms with Gasteiger partial charge in [0, 0.05) is 17.5 Å². The van der Waals surface area contributed by atoms with Gasteiger partial charge < -0.3 is 0 Å². The molecule has 1 nitrogen and oxygen atoms in total. The highest BCUT2D eigenvalue weighted by Gasteiger charge is 2.20. The molecule has 33 heavy (non-hydrogen) atoms. The molecule has 0 bridgehead atoms. The maximum absolute atomic E-state index is 4.42. The minimum atomic E-state index is 0.644. The fraction of sp³-hybridized carbons (Fsp3) is 0.656. The van der Waals surface area contributed by atoms with E-state index in [2.05, 4.69) is 85.2 Å². The highest BCUT2D eigenvalue weighted by Crippen LogP contribution is 2.34. The molecule has 0 saturated heterocycles. The molecule has 0 N–H and O–H groups in total. The summed E-state index contributed by atoms with van der Waals surface area (Å²) in [5.74, 6) is 0. The molecule has 190 valence electrons. The molecule has 0 amide bonds. The highest BCUT2D eigenvalue weighted by molar-refractivity contribution is 5.84. The quantitative estimate of drug-likeness (QED) is 0.225. The van der Waals surface area contributed by atoms with E-state index < -0.39 is 0 Å². The molecule has 0 spiro atoms. The molecule has 0 radical (unpaired) electrons. The minimum absolute atomic E-state index is 0.644. The molecule has 0 aliphatic rings. The van der Waals surface area contributed by atoms with E-state index in [1.54, 1.807) is 0 Å². The maximum atomic E-state index is 4.42. The van der Waals surface area contributed by atoms with Gasteiger partial charge in [0.05, 0.1) is 0 Å². The largest absolute Gasteiger partial charge is 0.261 e. The van der Waals surface area contributed by atoms with E-state index in [4.69, 9.17) is 0 Å². The van der Waals surface area contributed by atoms with Crippen LogP contribution in [0.1, 0.15) is 137 Å². The van der Waals surface area contributed by atoms with Crippen molar-refractivity contribution in [1.29, 1.82) is 0 Å². The summed E-state index contributed by atoms with van der Waals surface area (Å²) in [5, 5.41) is 0. The van der Waals surface area contributed by atoms with Gasteiger partial charge in [-0.05, 0) is 80.7 Å². The fourth-order valence-electron chi connectivity index (χ4n) is 4.02. The number of hydrogen-bond acceptors (Lipinski definition) is 1.